The zero-order chi connectivity index (χ0) is 21.3. The Morgan fingerprint density at radius 1 is 1.23 bits per heavy atom. The van der Waals surface area contributed by atoms with Crippen molar-refractivity contribution < 1.29 is 28.7 Å². The fourth-order valence-corrected chi connectivity index (χ4v) is 4.06. The lowest BCUT2D eigenvalue weighted by atomic mass is 10.1. The van der Waals surface area contributed by atoms with Crippen LogP contribution >= 0.6 is 11.3 Å². The molecule has 0 atom stereocenters. The number of rotatable bonds is 5. The summed E-state index contributed by atoms with van der Waals surface area (Å²) < 4.78 is 17.3. The Balaban J connectivity index is 1.70. The van der Waals surface area contributed by atoms with Gasteiger partial charge >= 0.3 is 5.97 Å². The number of nitro benzene ring substituents is 1. The number of amides is 1. The summed E-state index contributed by atoms with van der Waals surface area (Å²) in [6.07, 6.45) is 0.0171. The summed E-state index contributed by atoms with van der Waals surface area (Å²) in [4.78, 5) is 39.3. The van der Waals surface area contributed by atoms with Crippen molar-refractivity contribution in [3.05, 3.63) is 56.9 Å². The van der Waals surface area contributed by atoms with E-state index in [0.717, 1.165) is 11.3 Å². The molecule has 0 aliphatic carbocycles. The number of carbonyl (C=O) groups is 2. The molecule has 10 nitrogen and oxygen atoms in total. The zero-order valence-electron chi connectivity index (χ0n) is 15.7. The second-order valence-electron chi connectivity index (χ2n) is 6.33. The van der Waals surface area contributed by atoms with Crippen LogP contribution in [-0.4, -0.2) is 35.3 Å². The Bertz CT molecular complexity index is 1240. The average Bonchev–Trinajstić information content (AvgIpc) is 3.31. The minimum absolute atomic E-state index is 0.0171. The van der Waals surface area contributed by atoms with E-state index in [1.165, 1.54) is 29.9 Å². The molecule has 1 aromatic heterocycles. The maximum absolute atomic E-state index is 12.6. The van der Waals surface area contributed by atoms with Crippen molar-refractivity contribution in [3.63, 3.8) is 0 Å². The summed E-state index contributed by atoms with van der Waals surface area (Å²) in [5.41, 5.74) is 1.15. The number of ether oxygens (including phenoxy) is 3. The number of methoxy groups -OCH3 is 1. The number of nitro groups is 1. The lowest BCUT2D eigenvalue weighted by molar-refractivity contribution is -0.384. The van der Waals surface area contributed by atoms with Crippen LogP contribution < -0.4 is 14.3 Å². The average molecular weight is 429 g/mol. The van der Waals surface area contributed by atoms with E-state index in [1.807, 2.05) is 0 Å². The quantitative estimate of drug-likeness (QED) is 0.346. The number of non-ortho nitro benzene ring substituents is 1. The number of hydrogen-bond donors (Lipinski definition) is 0. The van der Waals surface area contributed by atoms with E-state index >= 15 is 0 Å². The summed E-state index contributed by atoms with van der Waals surface area (Å²) in [6.45, 7) is -0.0387. The Morgan fingerprint density at radius 3 is 2.80 bits per heavy atom. The maximum Gasteiger partial charge on any atom is 0.325 e. The van der Waals surface area contributed by atoms with Gasteiger partial charge in [-0.25, -0.2) is 0 Å². The first-order valence-electron chi connectivity index (χ1n) is 8.75. The monoisotopic (exact) mass is 429 g/mol. The van der Waals surface area contributed by atoms with Crippen LogP contribution in [0.15, 0.2) is 41.4 Å². The Kier molecular flexibility index (Phi) is 5.19. The number of fused-ring (bicyclic) bond motifs is 2. The first-order chi connectivity index (χ1) is 14.4. The van der Waals surface area contributed by atoms with Gasteiger partial charge in [-0.2, -0.15) is 4.99 Å². The highest BCUT2D eigenvalue weighted by molar-refractivity contribution is 7.16. The van der Waals surface area contributed by atoms with Gasteiger partial charge in [0.1, 0.15) is 6.54 Å². The first kappa shape index (κ1) is 19.6. The highest BCUT2D eigenvalue weighted by atomic mass is 32.1. The molecule has 0 saturated carbocycles. The van der Waals surface area contributed by atoms with Gasteiger partial charge < -0.3 is 18.8 Å². The molecule has 0 radical (unpaired) electrons. The van der Waals surface area contributed by atoms with Crippen molar-refractivity contribution in [2.75, 3.05) is 13.9 Å². The lowest BCUT2D eigenvalue weighted by Crippen LogP contribution is -2.22. The van der Waals surface area contributed by atoms with E-state index in [4.69, 9.17) is 14.2 Å². The minimum Gasteiger partial charge on any atom is -0.468 e. The van der Waals surface area contributed by atoms with E-state index in [9.17, 15) is 19.7 Å². The van der Waals surface area contributed by atoms with E-state index < -0.39 is 16.8 Å². The normalized spacial score (nSPS) is 12.9. The van der Waals surface area contributed by atoms with Crippen LogP contribution in [0.25, 0.3) is 10.2 Å². The van der Waals surface area contributed by atoms with Crippen molar-refractivity contribution in [1.82, 2.24) is 4.57 Å². The van der Waals surface area contributed by atoms with Gasteiger partial charge in [0, 0.05) is 12.1 Å². The van der Waals surface area contributed by atoms with Crippen LogP contribution in [0.2, 0.25) is 0 Å². The van der Waals surface area contributed by atoms with E-state index in [0.29, 0.717) is 27.3 Å². The molecule has 30 heavy (non-hydrogen) atoms. The summed E-state index contributed by atoms with van der Waals surface area (Å²) in [7, 11) is 1.25. The van der Waals surface area contributed by atoms with E-state index in [-0.39, 0.29) is 30.2 Å². The molecular formula is C19H15N3O7S. The van der Waals surface area contributed by atoms with Gasteiger partial charge in [0.05, 0.1) is 28.7 Å². The fraction of sp³-hybridized carbons (Fsp3) is 0.211. The van der Waals surface area contributed by atoms with Crippen molar-refractivity contribution in [1.29, 1.82) is 0 Å². The van der Waals surface area contributed by atoms with Gasteiger partial charge in [-0.3, -0.25) is 19.7 Å². The third kappa shape index (κ3) is 3.87. The smallest absolute Gasteiger partial charge is 0.325 e. The molecule has 2 heterocycles. The van der Waals surface area contributed by atoms with Crippen molar-refractivity contribution in [2.45, 2.75) is 13.0 Å². The summed E-state index contributed by atoms with van der Waals surface area (Å²) in [5, 5.41) is 11.1. The number of benzene rings is 2. The molecule has 1 aliphatic rings. The molecule has 2 aromatic carbocycles. The Morgan fingerprint density at radius 2 is 2.03 bits per heavy atom. The van der Waals surface area contributed by atoms with E-state index in [2.05, 4.69) is 4.99 Å². The lowest BCUT2D eigenvalue weighted by Gasteiger charge is -2.04. The third-order valence-corrected chi connectivity index (χ3v) is 5.45. The van der Waals surface area contributed by atoms with Gasteiger partial charge in [0.15, 0.2) is 16.3 Å². The number of thiazole rings is 1. The van der Waals surface area contributed by atoms with Crippen LogP contribution in [0, 0.1) is 10.1 Å². The first-order valence-corrected chi connectivity index (χ1v) is 9.57. The SMILES string of the molecule is COC(=O)Cn1c(=NC(=O)Cc2ccc3c(c2)OCO3)sc2cc([N+](=O)[O-])ccc21. The van der Waals surface area contributed by atoms with Crippen LogP contribution in [0.4, 0.5) is 5.69 Å². The number of esters is 1. The van der Waals surface area contributed by atoms with Crippen LogP contribution in [0.3, 0.4) is 0 Å². The van der Waals surface area contributed by atoms with Crippen molar-refractivity contribution in [3.8, 4) is 11.5 Å². The zero-order valence-corrected chi connectivity index (χ0v) is 16.5. The second kappa shape index (κ2) is 7.95. The molecule has 4 rings (SSSR count). The van der Waals surface area contributed by atoms with Crippen LogP contribution in [0.1, 0.15) is 5.56 Å². The van der Waals surface area contributed by atoms with Crippen LogP contribution in [0.5, 0.6) is 11.5 Å². The standard InChI is InChI=1S/C19H15N3O7S/c1-27-18(24)9-21-13-4-3-12(22(25)26)8-16(13)30-19(21)20-17(23)7-11-2-5-14-15(6-11)29-10-28-14/h2-6,8H,7,9-10H2,1H3. The third-order valence-electron chi connectivity index (χ3n) is 4.40. The largest absolute Gasteiger partial charge is 0.468 e. The molecule has 0 saturated heterocycles. The molecular weight excluding hydrogens is 414 g/mol. The molecule has 1 aliphatic heterocycles. The molecule has 0 fully saturated rings. The minimum atomic E-state index is -0.530. The molecule has 0 spiro atoms. The van der Waals surface area contributed by atoms with Gasteiger partial charge in [0.2, 0.25) is 6.79 Å². The van der Waals surface area contributed by atoms with Crippen LogP contribution in [-0.2, 0) is 27.3 Å². The molecule has 154 valence electrons. The molecule has 0 unspecified atom stereocenters. The van der Waals surface area contributed by atoms with Gasteiger partial charge in [-0.05, 0) is 23.8 Å². The van der Waals surface area contributed by atoms with Gasteiger partial charge in [-0.15, -0.1) is 0 Å². The summed E-state index contributed by atoms with van der Waals surface area (Å²) in [5.74, 6) is 0.214. The van der Waals surface area contributed by atoms with Gasteiger partial charge in [-0.1, -0.05) is 17.4 Å². The summed E-state index contributed by atoms with van der Waals surface area (Å²) in [6, 6.07) is 9.43. The van der Waals surface area contributed by atoms with Crippen molar-refractivity contribution >= 4 is 39.1 Å². The predicted octanol–water partition coefficient (Wildman–Crippen LogP) is 2.18. The Hall–Kier alpha value is -3.73. The van der Waals surface area contributed by atoms with Gasteiger partial charge in [0.25, 0.3) is 11.6 Å². The summed E-state index contributed by atoms with van der Waals surface area (Å²) >= 11 is 1.09. The number of aromatic nitrogens is 1. The number of carbonyl (C=O) groups excluding carboxylic acids is 2. The van der Waals surface area contributed by atoms with E-state index in [1.54, 1.807) is 18.2 Å². The topological polar surface area (TPSA) is 122 Å². The molecule has 3 aromatic rings. The van der Waals surface area contributed by atoms with Crippen molar-refractivity contribution in [2.24, 2.45) is 4.99 Å². The Labute approximate surface area is 173 Å². The maximum atomic E-state index is 12.6. The predicted molar refractivity (Wildman–Crippen MR) is 105 cm³/mol. The molecule has 0 bridgehead atoms. The fourth-order valence-electron chi connectivity index (χ4n) is 2.98. The number of nitrogens with zero attached hydrogens (tertiary/aromatic N) is 3. The second-order valence-corrected chi connectivity index (χ2v) is 7.34. The highest BCUT2D eigenvalue weighted by Crippen LogP contribution is 2.32. The molecule has 0 N–H and O–H groups in total. The molecule has 11 heteroatoms. The highest BCUT2D eigenvalue weighted by Gasteiger charge is 2.17. The number of hydrogen-bond acceptors (Lipinski definition) is 8. The molecule has 1 amide bonds.